The predicted octanol–water partition coefficient (Wildman–Crippen LogP) is 3.65. The van der Waals surface area contributed by atoms with Crippen molar-refractivity contribution in [3.8, 4) is 11.5 Å². The average Bonchev–Trinajstić information content (AvgIpc) is 2.72. The molecule has 143 valence electrons. The summed E-state index contributed by atoms with van der Waals surface area (Å²) in [6.07, 6.45) is 2.34. The molecule has 2 aromatic rings. The maximum absolute atomic E-state index is 12.5. The molecule has 1 radical (unpaired) electrons. The number of piperazine rings is 1. The third kappa shape index (κ3) is 4.86. The molecule has 0 spiro atoms. The van der Waals surface area contributed by atoms with Crippen LogP contribution in [0.3, 0.4) is 0 Å². The molecule has 1 aliphatic heterocycles. The van der Waals surface area contributed by atoms with Crippen molar-refractivity contribution in [1.29, 1.82) is 0 Å². The summed E-state index contributed by atoms with van der Waals surface area (Å²) in [6.45, 7) is 3.01. The van der Waals surface area contributed by atoms with Crippen molar-refractivity contribution in [1.82, 2.24) is 4.90 Å². The van der Waals surface area contributed by atoms with E-state index in [0.717, 1.165) is 24.3 Å². The van der Waals surface area contributed by atoms with Gasteiger partial charge in [0.1, 0.15) is 0 Å². The van der Waals surface area contributed by atoms with E-state index < -0.39 is 0 Å². The number of carbonyl (C=O) groups is 1. The fourth-order valence-electron chi connectivity index (χ4n) is 3.17. The van der Waals surface area contributed by atoms with Gasteiger partial charge in [-0.3, -0.25) is 4.79 Å². The van der Waals surface area contributed by atoms with Gasteiger partial charge in [-0.05, 0) is 36.2 Å². The summed E-state index contributed by atoms with van der Waals surface area (Å²) in [7, 11) is 3.26. The van der Waals surface area contributed by atoms with Gasteiger partial charge in [0.2, 0.25) is 5.91 Å². The standard InChI is InChI=1S/C21H24ClN2O3/c1-26-19-9-8-18(15-20(19)27-2)23-11-13-24(14-12-23)21(25)10-5-16-3-6-17(22)7-4-16/h3-9,15H,10-14H2,1-2H3. The van der Waals surface area contributed by atoms with Gasteiger partial charge < -0.3 is 19.3 Å². The van der Waals surface area contributed by atoms with Gasteiger partial charge in [0.05, 0.1) is 14.2 Å². The SMILES string of the molecule is COc1ccc(N2CCN(C(=O)C[CH]c3ccc(Cl)cc3)CC2)cc1OC. The topological polar surface area (TPSA) is 42.0 Å². The van der Waals surface area contributed by atoms with Crippen molar-refractivity contribution in [3.63, 3.8) is 0 Å². The molecule has 1 aliphatic rings. The number of rotatable bonds is 6. The van der Waals surface area contributed by atoms with Crippen LogP contribution in [0.5, 0.6) is 11.5 Å². The van der Waals surface area contributed by atoms with E-state index in [-0.39, 0.29) is 5.91 Å². The molecule has 1 heterocycles. The molecular weight excluding hydrogens is 364 g/mol. The van der Waals surface area contributed by atoms with Crippen LogP contribution in [-0.2, 0) is 4.79 Å². The monoisotopic (exact) mass is 387 g/mol. The number of hydrogen-bond acceptors (Lipinski definition) is 4. The number of hydrogen-bond donors (Lipinski definition) is 0. The zero-order valence-electron chi connectivity index (χ0n) is 15.7. The first kappa shape index (κ1) is 19.4. The van der Waals surface area contributed by atoms with Crippen molar-refractivity contribution in [2.45, 2.75) is 6.42 Å². The smallest absolute Gasteiger partial charge is 0.223 e. The fraction of sp³-hybridized carbons (Fsp3) is 0.333. The first-order valence-electron chi connectivity index (χ1n) is 8.94. The Balaban J connectivity index is 1.52. The Hall–Kier alpha value is -2.40. The van der Waals surface area contributed by atoms with Gasteiger partial charge in [0, 0.05) is 49.4 Å². The second-order valence-electron chi connectivity index (χ2n) is 6.37. The van der Waals surface area contributed by atoms with E-state index in [1.54, 1.807) is 14.2 Å². The molecule has 0 bridgehead atoms. The highest BCUT2D eigenvalue weighted by Crippen LogP contribution is 2.31. The zero-order chi connectivity index (χ0) is 19.2. The molecular formula is C21H24ClN2O3. The van der Waals surface area contributed by atoms with E-state index in [2.05, 4.69) is 4.90 Å². The maximum Gasteiger partial charge on any atom is 0.223 e. The third-order valence-corrected chi connectivity index (χ3v) is 5.00. The second-order valence-corrected chi connectivity index (χ2v) is 6.80. The van der Waals surface area contributed by atoms with Crippen LogP contribution in [0, 0.1) is 6.42 Å². The lowest BCUT2D eigenvalue weighted by molar-refractivity contribution is -0.130. The molecule has 0 unspecified atom stereocenters. The van der Waals surface area contributed by atoms with Gasteiger partial charge in [-0.15, -0.1) is 0 Å². The molecule has 1 fully saturated rings. The number of amides is 1. The zero-order valence-corrected chi connectivity index (χ0v) is 16.4. The first-order chi connectivity index (χ1) is 13.1. The number of anilines is 1. The third-order valence-electron chi connectivity index (χ3n) is 4.75. The number of carbonyl (C=O) groups excluding carboxylic acids is 1. The Morgan fingerprint density at radius 3 is 2.30 bits per heavy atom. The van der Waals surface area contributed by atoms with Gasteiger partial charge in [-0.25, -0.2) is 0 Å². The Kier molecular flexibility index (Phi) is 6.45. The van der Waals surface area contributed by atoms with Crippen LogP contribution in [0.2, 0.25) is 5.02 Å². The Morgan fingerprint density at radius 2 is 1.67 bits per heavy atom. The quantitative estimate of drug-likeness (QED) is 0.758. The van der Waals surface area contributed by atoms with Crippen LogP contribution < -0.4 is 14.4 Å². The van der Waals surface area contributed by atoms with Crippen molar-refractivity contribution in [2.24, 2.45) is 0 Å². The molecule has 3 rings (SSSR count). The van der Waals surface area contributed by atoms with E-state index in [4.69, 9.17) is 21.1 Å². The molecule has 1 amide bonds. The lowest BCUT2D eigenvalue weighted by Gasteiger charge is -2.36. The maximum atomic E-state index is 12.5. The molecule has 2 aromatic carbocycles. The average molecular weight is 388 g/mol. The highest BCUT2D eigenvalue weighted by Gasteiger charge is 2.22. The second kappa shape index (κ2) is 9.00. The molecule has 5 nitrogen and oxygen atoms in total. The van der Waals surface area contributed by atoms with E-state index in [1.807, 2.05) is 53.8 Å². The minimum atomic E-state index is 0.150. The molecule has 6 heteroatoms. The lowest BCUT2D eigenvalue weighted by atomic mass is 10.1. The minimum absolute atomic E-state index is 0.150. The molecule has 0 saturated carbocycles. The number of nitrogens with zero attached hydrogens (tertiary/aromatic N) is 2. The summed E-state index contributed by atoms with van der Waals surface area (Å²) in [5, 5.41) is 0.699. The van der Waals surface area contributed by atoms with Gasteiger partial charge in [-0.2, -0.15) is 0 Å². The normalized spacial score (nSPS) is 14.2. The largest absolute Gasteiger partial charge is 0.493 e. The number of methoxy groups -OCH3 is 2. The highest BCUT2D eigenvalue weighted by molar-refractivity contribution is 6.30. The van der Waals surface area contributed by atoms with Gasteiger partial charge in [0.15, 0.2) is 11.5 Å². The van der Waals surface area contributed by atoms with Gasteiger partial charge >= 0.3 is 0 Å². The first-order valence-corrected chi connectivity index (χ1v) is 9.32. The van der Waals surface area contributed by atoms with E-state index in [9.17, 15) is 4.79 Å². The van der Waals surface area contributed by atoms with E-state index in [0.29, 0.717) is 36.0 Å². The van der Waals surface area contributed by atoms with Gasteiger partial charge in [0.25, 0.3) is 0 Å². The number of halogens is 1. The van der Waals surface area contributed by atoms with E-state index in [1.165, 1.54) is 0 Å². The summed E-state index contributed by atoms with van der Waals surface area (Å²) in [6, 6.07) is 13.4. The summed E-state index contributed by atoms with van der Waals surface area (Å²) in [4.78, 5) is 16.7. The summed E-state index contributed by atoms with van der Waals surface area (Å²) in [5.41, 5.74) is 2.09. The number of benzene rings is 2. The summed E-state index contributed by atoms with van der Waals surface area (Å²) in [5.74, 6) is 1.58. The summed E-state index contributed by atoms with van der Waals surface area (Å²) < 4.78 is 10.7. The van der Waals surface area contributed by atoms with Crippen LogP contribution in [0.4, 0.5) is 5.69 Å². The molecule has 1 saturated heterocycles. The van der Waals surface area contributed by atoms with Crippen molar-refractivity contribution < 1.29 is 14.3 Å². The molecule has 0 aliphatic carbocycles. The predicted molar refractivity (Wildman–Crippen MR) is 108 cm³/mol. The van der Waals surface area contributed by atoms with Gasteiger partial charge in [-0.1, -0.05) is 23.7 Å². The van der Waals surface area contributed by atoms with E-state index >= 15 is 0 Å². The highest BCUT2D eigenvalue weighted by atomic mass is 35.5. The van der Waals surface area contributed by atoms with Crippen molar-refractivity contribution in [3.05, 3.63) is 59.5 Å². The minimum Gasteiger partial charge on any atom is -0.493 e. The number of ether oxygens (including phenoxy) is 2. The Labute approximate surface area is 165 Å². The Morgan fingerprint density at radius 1 is 1.00 bits per heavy atom. The van der Waals surface area contributed by atoms with Crippen LogP contribution >= 0.6 is 11.6 Å². The van der Waals surface area contributed by atoms with Crippen LogP contribution in [0.25, 0.3) is 0 Å². The Bertz CT molecular complexity index is 771. The molecule has 27 heavy (non-hydrogen) atoms. The van der Waals surface area contributed by atoms with Crippen LogP contribution in [0.1, 0.15) is 12.0 Å². The lowest BCUT2D eigenvalue weighted by Crippen LogP contribution is -2.48. The van der Waals surface area contributed by atoms with Crippen LogP contribution in [0.15, 0.2) is 42.5 Å². The van der Waals surface area contributed by atoms with Crippen LogP contribution in [-0.4, -0.2) is 51.2 Å². The fourth-order valence-corrected chi connectivity index (χ4v) is 3.29. The van der Waals surface area contributed by atoms with Crippen molar-refractivity contribution >= 4 is 23.2 Å². The summed E-state index contributed by atoms with van der Waals surface area (Å²) >= 11 is 5.89. The molecule has 0 aromatic heterocycles. The molecule has 0 atom stereocenters. The molecule has 0 N–H and O–H groups in total. The van der Waals surface area contributed by atoms with Crippen molar-refractivity contribution in [2.75, 3.05) is 45.3 Å².